The van der Waals surface area contributed by atoms with Crippen LogP contribution in [0.25, 0.3) is 10.9 Å². The maximum Gasteiger partial charge on any atom is 0.488 e. The molecule has 1 aromatic heterocycles. The maximum atomic E-state index is 9.12. The Bertz CT molecular complexity index is 854. The zero-order chi connectivity index (χ0) is 17.1. The van der Waals surface area contributed by atoms with E-state index in [0.717, 1.165) is 33.6 Å². The lowest BCUT2D eigenvalue weighted by molar-refractivity contribution is 0.412. The van der Waals surface area contributed by atoms with Crippen molar-refractivity contribution in [3.63, 3.8) is 0 Å². The molecule has 3 N–H and O–H groups in total. The number of fused-ring (bicyclic) bond motifs is 1. The molecule has 24 heavy (non-hydrogen) atoms. The summed E-state index contributed by atoms with van der Waals surface area (Å²) in [7, 11) is 0.191. The van der Waals surface area contributed by atoms with E-state index in [1.807, 2.05) is 31.2 Å². The highest BCUT2D eigenvalue weighted by Gasteiger charge is 2.10. The van der Waals surface area contributed by atoms with Crippen LogP contribution < -0.4 is 15.5 Å². The van der Waals surface area contributed by atoms with Gasteiger partial charge in [0.15, 0.2) is 0 Å². The van der Waals surface area contributed by atoms with E-state index < -0.39 is 7.12 Å². The third-order valence-electron chi connectivity index (χ3n) is 3.89. The zero-order valence-electron chi connectivity index (χ0n) is 13.5. The van der Waals surface area contributed by atoms with E-state index in [4.69, 9.17) is 14.8 Å². The molecule has 0 aliphatic heterocycles. The van der Waals surface area contributed by atoms with Crippen LogP contribution in [0.1, 0.15) is 11.1 Å². The van der Waals surface area contributed by atoms with Crippen molar-refractivity contribution in [3.8, 4) is 5.75 Å². The van der Waals surface area contributed by atoms with Crippen molar-refractivity contribution in [2.75, 3.05) is 12.4 Å². The standard InChI is InChI=1S/C17H18BN3O3/c1-11-7-15-14(8-16(11)24-2)17(21-10-20-15)19-9-12-3-5-13(6-4-12)18(22)23/h3-8,10,22-23H,9H2,1-2H3,(H,19,20,21). The average molecular weight is 323 g/mol. The highest BCUT2D eigenvalue weighted by molar-refractivity contribution is 6.58. The highest BCUT2D eigenvalue weighted by atomic mass is 16.5. The molecule has 0 saturated carbocycles. The van der Waals surface area contributed by atoms with Crippen molar-refractivity contribution in [2.45, 2.75) is 13.5 Å². The Kier molecular flexibility index (Phi) is 4.64. The molecule has 7 heteroatoms. The number of nitrogens with zero attached hydrogens (tertiary/aromatic N) is 2. The van der Waals surface area contributed by atoms with E-state index in [2.05, 4.69) is 15.3 Å². The molecule has 0 bridgehead atoms. The molecule has 0 radical (unpaired) electrons. The first-order valence-electron chi connectivity index (χ1n) is 7.56. The number of aryl methyl sites for hydroxylation is 1. The summed E-state index contributed by atoms with van der Waals surface area (Å²) < 4.78 is 5.38. The van der Waals surface area contributed by atoms with Gasteiger partial charge < -0.3 is 20.1 Å². The van der Waals surface area contributed by atoms with Gasteiger partial charge in [-0.15, -0.1) is 0 Å². The van der Waals surface area contributed by atoms with Gasteiger partial charge in [0, 0.05) is 11.9 Å². The van der Waals surface area contributed by atoms with Crippen LogP contribution >= 0.6 is 0 Å². The second kappa shape index (κ2) is 6.86. The number of anilines is 1. The summed E-state index contributed by atoms with van der Waals surface area (Å²) in [5, 5.41) is 22.4. The predicted molar refractivity (Wildman–Crippen MR) is 94.4 cm³/mol. The Morgan fingerprint density at radius 2 is 1.88 bits per heavy atom. The van der Waals surface area contributed by atoms with Crippen LogP contribution in [-0.2, 0) is 6.54 Å². The quantitative estimate of drug-likeness (QED) is 0.613. The minimum absolute atomic E-state index is 0.464. The topological polar surface area (TPSA) is 87.5 Å². The van der Waals surface area contributed by atoms with Crippen LogP contribution in [0.3, 0.4) is 0 Å². The molecule has 6 nitrogen and oxygen atoms in total. The molecule has 0 aliphatic rings. The summed E-state index contributed by atoms with van der Waals surface area (Å²) in [5.74, 6) is 1.52. The van der Waals surface area contributed by atoms with E-state index >= 15 is 0 Å². The second-order valence-corrected chi connectivity index (χ2v) is 5.53. The van der Waals surface area contributed by atoms with Gasteiger partial charge in [-0.25, -0.2) is 9.97 Å². The van der Waals surface area contributed by atoms with Crippen LogP contribution in [0, 0.1) is 6.92 Å². The first kappa shape index (κ1) is 16.2. The summed E-state index contributed by atoms with van der Waals surface area (Å²) in [5.41, 5.74) is 3.34. The number of ether oxygens (including phenoxy) is 1. The Hall–Kier alpha value is -2.64. The maximum absolute atomic E-state index is 9.12. The lowest BCUT2D eigenvalue weighted by atomic mass is 9.80. The molecule has 0 fully saturated rings. The van der Waals surface area contributed by atoms with E-state index in [9.17, 15) is 0 Å². The predicted octanol–water partition coefficient (Wildman–Crippen LogP) is 1.24. The average Bonchev–Trinajstić information content (AvgIpc) is 2.59. The highest BCUT2D eigenvalue weighted by Crippen LogP contribution is 2.27. The van der Waals surface area contributed by atoms with Gasteiger partial charge in [-0.2, -0.15) is 0 Å². The molecule has 0 aliphatic carbocycles. The second-order valence-electron chi connectivity index (χ2n) is 5.53. The van der Waals surface area contributed by atoms with Gasteiger partial charge in [0.1, 0.15) is 17.9 Å². The third kappa shape index (κ3) is 3.32. The molecule has 0 saturated heterocycles. The lowest BCUT2D eigenvalue weighted by Gasteiger charge is -2.11. The summed E-state index contributed by atoms with van der Waals surface area (Å²) >= 11 is 0. The number of benzene rings is 2. The van der Waals surface area contributed by atoms with Crippen molar-refractivity contribution in [2.24, 2.45) is 0 Å². The Labute approximate surface area is 140 Å². The largest absolute Gasteiger partial charge is 0.496 e. The normalized spacial score (nSPS) is 10.7. The van der Waals surface area contributed by atoms with Crippen molar-refractivity contribution in [3.05, 3.63) is 53.9 Å². The van der Waals surface area contributed by atoms with Crippen molar-refractivity contribution in [1.29, 1.82) is 0 Å². The Balaban J connectivity index is 1.84. The molecule has 0 amide bonds. The molecular weight excluding hydrogens is 305 g/mol. The van der Waals surface area contributed by atoms with Gasteiger partial charge >= 0.3 is 7.12 Å². The molecular formula is C17H18BN3O3. The van der Waals surface area contributed by atoms with E-state index in [1.54, 1.807) is 19.2 Å². The van der Waals surface area contributed by atoms with Gasteiger partial charge in [-0.1, -0.05) is 24.3 Å². The fourth-order valence-electron chi connectivity index (χ4n) is 2.54. The molecule has 122 valence electrons. The minimum Gasteiger partial charge on any atom is -0.496 e. The van der Waals surface area contributed by atoms with Crippen LogP contribution in [0.2, 0.25) is 0 Å². The summed E-state index contributed by atoms with van der Waals surface area (Å²) in [6.07, 6.45) is 1.53. The number of aromatic nitrogens is 2. The van der Waals surface area contributed by atoms with Gasteiger partial charge in [-0.3, -0.25) is 0 Å². The van der Waals surface area contributed by atoms with E-state index in [1.165, 1.54) is 6.33 Å². The summed E-state index contributed by atoms with van der Waals surface area (Å²) in [6.45, 7) is 2.54. The first-order valence-corrected chi connectivity index (χ1v) is 7.56. The van der Waals surface area contributed by atoms with Crippen LogP contribution in [0.15, 0.2) is 42.7 Å². The number of hydrogen-bond acceptors (Lipinski definition) is 6. The monoisotopic (exact) mass is 323 g/mol. The summed E-state index contributed by atoms with van der Waals surface area (Å²) in [4.78, 5) is 8.62. The van der Waals surface area contributed by atoms with Crippen LogP contribution in [0.4, 0.5) is 5.82 Å². The van der Waals surface area contributed by atoms with Gasteiger partial charge in [0.25, 0.3) is 0 Å². The number of hydrogen-bond donors (Lipinski definition) is 3. The van der Waals surface area contributed by atoms with Gasteiger partial charge in [-0.05, 0) is 35.6 Å². The number of methoxy groups -OCH3 is 1. The Morgan fingerprint density at radius 3 is 2.54 bits per heavy atom. The molecule has 1 heterocycles. The van der Waals surface area contributed by atoms with Crippen molar-refractivity contribution in [1.82, 2.24) is 9.97 Å². The van der Waals surface area contributed by atoms with Crippen molar-refractivity contribution >= 4 is 29.3 Å². The molecule has 3 rings (SSSR count). The third-order valence-corrected chi connectivity index (χ3v) is 3.89. The number of nitrogens with one attached hydrogen (secondary N) is 1. The summed E-state index contributed by atoms with van der Waals surface area (Å²) in [6, 6.07) is 11.0. The molecule has 2 aromatic carbocycles. The fraction of sp³-hybridized carbons (Fsp3) is 0.176. The molecule has 0 unspecified atom stereocenters. The lowest BCUT2D eigenvalue weighted by Crippen LogP contribution is -2.29. The zero-order valence-corrected chi connectivity index (χ0v) is 13.5. The van der Waals surface area contributed by atoms with Crippen LogP contribution in [-0.4, -0.2) is 34.2 Å². The molecule has 3 aromatic rings. The van der Waals surface area contributed by atoms with Crippen molar-refractivity contribution < 1.29 is 14.8 Å². The number of rotatable bonds is 5. The SMILES string of the molecule is COc1cc2c(NCc3ccc(B(O)O)cc3)ncnc2cc1C. The Morgan fingerprint density at radius 1 is 1.12 bits per heavy atom. The van der Waals surface area contributed by atoms with E-state index in [0.29, 0.717) is 12.0 Å². The molecule has 0 spiro atoms. The van der Waals surface area contributed by atoms with Gasteiger partial charge in [0.2, 0.25) is 0 Å². The first-order chi connectivity index (χ1) is 11.6. The van der Waals surface area contributed by atoms with E-state index in [-0.39, 0.29) is 0 Å². The molecule has 0 atom stereocenters. The van der Waals surface area contributed by atoms with Gasteiger partial charge in [0.05, 0.1) is 12.6 Å². The smallest absolute Gasteiger partial charge is 0.488 e. The fourth-order valence-corrected chi connectivity index (χ4v) is 2.54. The van der Waals surface area contributed by atoms with Crippen LogP contribution in [0.5, 0.6) is 5.75 Å². The minimum atomic E-state index is -1.45.